The molecule has 8 heteroatoms. The first kappa shape index (κ1) is 21.9. The highest BCUT2D eigenvalue weighted by Crippen LogP contribution is 2.33. The summed E-state index contributed by atoms with van der Waals surface area (Å²) in [4.78, 5) is 27.8. The van der Waals surface area contributed by atoms with E-state index in [2.05, 4.69) is 0 Å². The van der Waals surface area contributed by atoms with E-state index in [-0.39, 0.29) is 24.2 Å². The van der Waals surface area contributed by atoms with Gasteiger partial charge in [-0.25, -0.2) is 9.18 Å². The van der Waals surface area contributed by atoms with Crippen molar-refractivity contribution in [2.45, 2.75) is 32.4 Å². The van der Waals surface area contributed by atoms with E-state index in [1.165, 1.54) is 19.1 Å². The maximum absolute atomic E-state index is 13.1. The van der Waals surface area contributed by atoms with E-state index in [4.69, 9.17) is 21.4 Å². The number of rotatable bonds is 6. The van der Waals surface area contributed by atoms with E-state index >= 15 is 0 Å². The zero-order chi connectivity index (χ0) is 21.8. The van der Waals surface area contributed by atoms with Crippen LogP contribution in [0, 0.1) is 5.82 Å². The van der Waals surface area contributed by atoms with Gasteiger partial charge in [0.2, 0.25) is 5.91 Å². The Kier molecular flexibility index (Phi) is 6.82. The van der Waals surface area contributed by atoms with Gasteiger partial charge in [-0.3, -0.25) is 4.79 Å². The zero-order valence-corrected chi connectivity index (χ0v) is 17.6. The van der Waals surface area contributed by atoms with Crippen LogP contribution in [0.3, 0.4) is 0 Å². The van der Waals surface area contributed by atoms with Crippen LogP contribution in [-0.4, -0.2) is 53.7 Å². The molecule has 2 aromatic rings. The van der Waals surface area contributed by atoms with Gasteiger partial charge in [0.05, 0.1) is 12.1 Å². The number of nitrogens with zero attached hydrogens (tertiary/aromatic N) is 2. The van der Waals surface area contributed by atoms with E-state index < -0.39 is 12.1 Å². The number of carbonyl (C=O) groups is 2. The monoisotopic (exact) mass is 434 g/mol. The summed E-state index contributed by atoms with van der Waals surface area (Å²) in [6.07, 6.45) is -0.785. The third-order valence-electron chi connectivity index (χ3n) is 5.13. The minimum atomic E-state index is -1.06. The van der Waals surface area contributed by atoms with E-state index in [0.29, 0.717) is 36.1 Å². The number of halogens is 2. The summed E-state index contributed by atoms with van der Waals surface area (Å²) in [6.45, 7) is 5.03. The highest BCUT2D eigenvalue weighted by molar-refractivity contribution is 6.31. The minimum absolute atomic E-state index is 0.0178. The lowest BCUT2D eigenvalue weighted by Gasteiger charge is -2.41. The molecule has 160 valence electrons. The van der Waals surface area contributed by atoms with Crippen molar-refractivity contribution in [2.24, 2.45) is 0 Å². The number of carboxylic acid groups (broad SMARTS) is 1. The lowest BCUT2D eigenvalue weighted by Crippen LogP contribution is -2.54. The van der Waals surface area contributed by atoms with Crippen LogP contribution in [0.15, 0.2) is 42.5 Å². The van der Waals surface area contributed by atoms with Crippen LogP contribution >= 0.6 is 11.6 Å². The normalized spacial score (nSPS) is 17.5. The molecule has 3 rings (SSSR count). The van der Waals surface area contributed by atoms with Gasteiger partial charge in [-0.05, 0) is 49.7 Å². The minimum Gasteiger partial charge on any atom is -0.479 e. The van der Waals surface area contributed by atoms with Crippen LogP contribution in [-0.2, 0) is 16.0 Å². The summed E-state index contributed by atoms with van der Waals surface area (Å²) in [5.74, 6) is -0.964. The predicted molar refractivity (Wildman–Crippen MR) is 113 cm³/mol. The summed E-state index contributed by atoms with van der Waals surface area (Å²) < 4.78 is 18.7. The molecule has 6 nitrogen and oxygen atoms in total. The number of hydrogen-bond acceptors (Lipinski definition) is 4. The number of carbonyl (C=O) groups excluding carboxylic acids is 1. The van der Waals surface area contributed by atoms with E-state index in [9.17, 15) is 14.0 Å². The molecule has 1 aliphatic rings. The fourth-order valence-electron chi connectivity index (χ4n) is 3.50. The fourth-order valence-corrected chi connectivity index (χ4v) is 3.67. The lowest BCUT2D eigenvalue weighted by atomic mass is 10.1. The summed E-state index contributed by atoms with van der Waals surface area (Å²) in [5.41, 5.74) is 1.47. The van der Waals surface area contributed by atoms with Gasteiger partial charge in [0.25, 0.3) is 0 Å². The number of ether oxygens (including phenoxy) is 1. The third kappa shape index (κ3) is 5.21. The molecule has 1 fully saturated rings. The second-order valence-electron chi connectivity index (χ2n) is 7.40. The van der Waals surface area contributed by atoms with Crippen molar-refractivity contribution in [3.05, 3.63) is 58.9 Å². The maximum Gasteiger partial charge on any atom is 0.344 e. The first-order valence-corrected chi connectivity index (χ1v) is 10.1. The molecule has 0 unspecified atom stereocenters. The van der Waals surface area contributed by atoms with E-state index in [1.54, 1.807) is 30.3 Å². The average Bonchev–Trinajstić information content (AvgIpc) is 2.70. The van der Waals surface area contributed by atoms with Crippen LogP contribution in [0.4, 0.5) is 10.1 Å². The van der Waals surface area contributed by atoms with Gasteiger partial charge in [0, 0.05) is 30.7 Å². The van der Waals surface area contributed by atoms with E-state index in [0.717, 1.165) is 5.56 Å². The molecule has 30 heavy (non-hydrogen) atoms. The smallest absolute Gasteiger partial charge is 0.344 e. The van der Waals surface area contributed by atoms with Crippen molar-refractivity contribution in [2.75, 3.05) is 24.5 Å². The SMILES string of the molecule is C[C@H](Oc1ccc(Cl)cc1N1CCN(C(=O)Cc2ccc(F)cc2)[C@@H](C)C1)C(=O)O. The van der Waals surface area contributed by atoms with Gasteiger partial charge < -0.3 is 19.6 Å². The van der Waals surface area contributed by atoms with Crippen LogP contribution < -0.4 is 9.64 Å². The number of hydrogen-bond donors (Lipinski definition) is 1. The average molecular weight is 435 g/mol. The molecule has 0 aromatic heterocycles. The molecule has 1 N–H and O–H groups in total. The standard InChI is InChI=1S/C22H24ClFN2O4/c1-14-13-25(19-12-17(23)5-8-20(19)30-15(2)22(28)29)9-10-26(14)21(27)11-16-3-6-18(24)7-4-16/h3-8,12,14-15H,9-11,13H2,1-2H3,(H,28,29)/t14-,15-/m0/s1. The lowest BCUT2D eigenvalue weighted by molar-refractivity contribution is -0.144. The Bertz CT molecular complexity index is 922. The third-order valence-corrected chi connectivity index (χ3v) is 5.36. The van der Waals surface area contributed by atoms with Gasteiger partial charge in [-0.1, -0.05) is 23.7 Å². The highest BCUT2D eigenvalue weighted by Gasteiger charge is 2.29. The fraction of sp³-hybridized carbons (Fsp3) is 0.364. The Morgan fingerprint density at radius 2 is 1.93 bits per heavy atom. The Balaban J connectivity index is 1.70. The number of carboxylic acids is 1. The number of amides is 1. The molecule has 0 radical (unpaired) electrons. The van der Waals surface area contributed by atoms with Gasteiger partial charge in [0.1, 0.15) is 11.6 Å². The second kappa shape index (κ2) is 9.34. The van der Waals surface area contributed by atoms with Crippen LogP contribution in [0.25, 0.3) is 0 Å². The van der Waals surface area contributed by atoms with Crippen molar-refractivity contribution in [1.82, 2.24) is 4.90 Å². The molecule has 1 saturated heterocycles. The molecule has 2 aromatic carbocycles. The summed E-state index contributed by atoms with van der Waals surface area (Å²) in [6, 6.07) is 10.9. The van der Waals surface area contributed by atoms with Crippen molar-refractivity contribution >= 4 is 29.2 Å². The van der Waals surface area contributed by atoms with Gasteiger partial charge in [-0.2, -0.15) is 0 Å². The molecule has 0 spiro atoms. The summed E-state index contributed by atoms with van der Waals surface area (Å²) in [5, 5.41) is 9.66. The predicted octanol–water partition coefficient (Wildman–Crippen LogP) is 3.61. The quantitative estimate of drug-likeness (QED) is 0.752. The Hall–Kier alpha value is -2.80. The Labute approximate surface area is 179 Å². The molecule has 1 amide bonds. The number of anilines is 1. The van der Waals surface area contributed by atoms with Crippen LogP contribution in [0.1, 0.15) is 19.4 Å². The Morgan fingerprint density at radius 1 is 1.23 bits per heavy atom. The molecule has 2 atom stereocenters. The van der Waals surface area contributed by atoms with Crippen molar-refractivity contribution in [1.29, 1.82) is 0 Å². The highest BCUT2D eigenvalue weighted by atomic mass is 35.5. The molecule has 0 aliphatic carbocycles. The van der Waals surface area contributed by atoms with Gasteiger partial charge in [0.15, 0.2) is 6.10 Å². The van der Waals surface area contributed by atoms with Crippen molar-refractivity contribution in [3.8, 4) is 5.75 Å². The molecule has 1 aliphatic heterocycles. The van der Waals surface area contributed by atoms with Crippen molar-refractivity contribution < 1.29 is 23.8 Å². The topological polar surface area (TPSA) is 70.1 Å². The van der Waals surface area contributed by atoms with Crippen molar-refractivity contribution in [3.63, 3.8) is 0 Å². The van der Waals surface area contributed by atoms with Gasteiger partial charge >= 0.3 is 5.97 Å². The number of piperazine rings is 1. The summed E-state index contributed by atoms with van der Waals surface area (Å²) >= 11 is 6.16. The molecule has 1 heterocycles. The van der Waals surface area contributed by atoms with E-state index in [1.807, 2.05) is 16.7 Å². The largest absolute Gasteiger partial charge is 0.479 e. The number of aliphatic carboxylic acids is 1. The second-order valence-corrected chi connectivity index (χ2v) is 7.83. The summed E-state index contributed by atoms with van der Waals surface area (Å²) in [7, 11) is 0. The molecular formula is C22H24ClFN2O4. The zero-order valence-electron chi connectivity index (χ0n) is 16.8. The first-order valence-electron chi connectivity index (χ1n) is 9.72. The number of benzene rings is 2. The molecule has 0 bridgehead atoms. The van der Waals surface area contributed by atoms with Crippen LogP contribution in [0.5, 0.6) is 5.75 Å². The van der Waals surface area contributed by atoms with Gasteiger partial charge in [-0.15, -0.1) is 0 Å². The molecular weight excluding hydrogens is 411 g/mol. The van der Waals surface area contributed by atoms with Crippen LogP contribution in [0.2, 0.25) is 5.02 Å². The first-order chi connectivity index (χ1) is 14.2. The Morgan fingerprint density at radius 3 is 2.57 bits per heavy atom. The molecule has 0 saturated carbocycles. The maximum atomic E-state index is 13.1.